The Hall–Kier alpha value is -0.850. The first-order valence-corrected chi connectivity index (χ1v) is 7.65. The highest BCUT2D eigenvalue weighted by Gasteiger charge is 1.93. The molecule has 0 radical (unpaired) electrons. The van der Waals surface area contributed by atoms with Crippen LogP contribution in [0.4, 0.5) is 0 Å². The lowest BCUT2D eigenvalue weighted by Gasteiger charge is -1.94. The number of rotatable bonds is 12. The maximum absolute atomic E-state index is 11.3. The minimum absolute atomic E-state index is 0.288. The fraction of sp³-hybridized carbons (Fsp3) is 0.706. The molecular formula is C17H30O. The quantitative estimate of drug-likeness (QED) is 0.250. The molecule has 0 unspecified atom stereocenters. The topological polar surface area (TPSA) is 17.1 Å². The summed E-state index contributed by atoms with van der Waals surface area (Å²) in [6, 6.07) is 0. The molecule has 0 N–H and O–H groups in total. The molecule has 0 aliphatic carbocycles. The van der Waals surface area contributed by atoms with E-state index < -0.39 is 0 Å². The molecule has 1 heteroatoms. The van der Waals surface area contributed by atoms with Crippen LogP contribution in [0.1, 0.15) is 78.1 Å². The normalized spacial score (nSPS) is 11.7. The van der Waals surface area contributed by atoms with E-state index in [1.165, 1.54) is 38.5 Å². The fourth-order valence-corrected chi connectivity index (χ4v) is 1.73. The predicted octanol–water partition coefficient (Wildman–Crippen LogP) is 5.61. The van der Waals surface area contributed by atoms with Gasteiger partial charge in [-0.1, -0.05) is 51.3 Å². The van der Waals surface area contributed by atoms with Crippen LogP contribution in [-0.2, 0) is 4.79 Å². The Bertz CT molecular complexity index is 238. The Kier molecular flexibility index (Phi) is 13.5. The van der Waals surface area contributed by atoms with Gasteiger partial charge in [0.25, 0.3) is 0 Å². The van der Waals surface area contributed by atoms with Gasteiger partial charge in [-0.05, 0) is 44.6 Å². The molecule has 0 heterocycles. The van der Waals surface area contributed by atoms with Crippen LogP contribution in [0.5, 0.6) is 0 Å². The van der Waals surface area contributed by atoms with Gasteiger partial charge in [0.2, 0.25) is 0 Å². The van der Waals surface area contributed by atoms with Gasteiger partial charge in [-0.2, -0.15) is 0 Å². The van der Waals surface area contributed by atoms with Crippen molar-refractivity contribution in [2.24, 2.45) is 0 Å². The minimum atomic E-state index is 0.288. The van der Waals surface area contributed by atoms with E-state index in [1.54, 1.807) is 6.08 Å². The molecule has 0 rings (SSSR count). The number of ketones is 1. The smallest absolute Gasteiger partial charge is 0.155 e. The van der Waals surface area contributed by atoms with Gasteiger partial charge in [0, 0.05) is 6.42 Å². The molecule has 0 fully saturated rings. The van der Waals surface area contributed by atoms with Crippen LogP contribution in [0.25, 0.3) is 0 Å². The maximum atomic E-state index is 11.3. The third-order valence-corrected chi connectivity index (χ3v) is 2.96. The Morgan fingerprint density at radius 1 is 0.778 bits per heavy atom. The first-order valence-electron chi connectivity index (χ1n) is 7.65. The van der Waals surface area contributed by atoms with Gasteiger partial charge in [0.1, 0.15) is 0 Å². The molecule has 0 aromatic heterocycles. The molecular weight excluding hydrogens is 220 g/mol. The van der Waals surface area contributed by atoms with Crippen molar-refractivity contribution < 1.29 is 4.79 Å². The molecule has 0 amide bonds. The molecule has 0 bridgehead atoms. The second kappa shape index (κ2) is 14.2. The lowest BCUT2D eigenvalue weighted by molar-refractivity contribution is -0.114. The van der Waals surface area contributed by atoms with Gasteiger partial charge < -0.3 is 0 Å². The highest BCUT2D eigenvalue weighted by atomic mass is 16.1. The van der Waals surface area contributed by atoms with Gasteiger partial charge in [-0.3, -0.25) is 4.79 Å². The van der Waals surface area contributed by atoms with Crippen LogP contribution in [0.15, 0.2) is 24.3 Å². The van der Waals surface area contributed by atoms with Gasteiger partial charge >= 0.3 is 0 Å². The summed E-state index contributed by atoms with van der Waals surface area (Å²) in [6.07, 6.45) is 19.7. The van der Waals surface area contributed by atoms with Crippen LogP contribution in [0.2, 0.25) is 0 Å². The van der Waals surface area contributed by atoms with E-state index in [9.17, 15) is 4.79 Å². The summed E-state index contributed by atoms with van der Waals surface area (Å²) in [5, 5.41) is 0. The highest BCUT2D eigenvalue weighted by molar-refractivity contribution is 5.89. The second-order valence-corrected chi connectivity index (χ2v) is 4.87. The van der Waals surface area contributed by atoms with Gasteiger partial charge in [0.05, 0.1) is 0 Å². The van der Waals surface area contributed by atoms with E-state index in [-0.39, 0.29) is 5.78 Å². The summed E-state index contributed by atoms with van der Waals surface area (Å²) >= 11 is 0. The van der Waals surface area contributed by atoms with E-state index in [1.807, 2.05) is 6.08 Å². The summed E-state index contributed by atoms with van der Waals surface area (Å²) in [4.78, 5) is 11.3. The van der Waals surface area contributed by atoms with Crippen LogP contribution in [0.3, 0.4) is 0 Å². The first kappa shape index (κ1) is 17.2. The number of unbranched alkanes of at least 4 members (excludes halogenated alkanes) is 6. The van der Waals surface area contributed by atoms with Crippen molar-refractivity contribution in [2.45, 2.75) is 78.1 Å². The molecule has 104 valence electrons. The second-order valence-electron chi connectivity index (χ2n) is 4.87. The molecule has 0 aromatic rings. The van der Waals surface area contributed by atoms with E-state index in [2.05, 4.69) is 26.0 Å². The molecule has 18 heavy (non-hydrogen) atoms. The standard InChI is InChI=1S/C17H30O/c1-3-5-7-8-9-10-11-12-13-14-16-17(18)15-6-4-2/h8-9,14,16H,3-7,10-13,15H2,1-2H3. The van der Waals surface area contributed by atoms with E-state index in [0.717, 1.165) is 19.3 Å². The molecule has 0 aliphatic rings. The summed E-state index contributed by atoms with van der Waals surface area (Å²) in [5.41, 5.74) is 0. The van der Waals surface area contributed by atoms with Crippen molar-refractivity contribution in [1.82, 2.24) is 0 Å². The van der Waals surface area contributed by atoms with Crippen LogP contribution >= 0.6 is 0 Å². The average Bonchev–Trinajstić information content (AvgIpc) is 2.38. The number of hydrogen-bond donors (Lipinski definition) is 0. The van der Waals surface area contributed by atoms with Crippen molar-refractivity contribution in [1.29, 1.82) is 0 Å². The van der Waals surface area contributed by atoms with Crippen molar-refractivity contribution in [2.75, 3.05) is 0 Å². The van der Waals surface area contributed by atoms with Crippen molar-refractivity contribution in [3.63, 3.8) is 0 Å². The zero-order valence-corrected chi connectivity index (χ0v) is 12.3. The Labute approximate surface area is 113 Å². The summed E-state index contributed by atoms with van der Waals surface area (Å²) in [6.45, 7) is 4.34. The fourth-order valence-electron chi connectivity index (χ4n) is 1.73. The average molecular weight is 250 g/mol. The first-order chi connectivity index (χ1) is 8.81. The molecule has 0 aliphatic heterocycles. The molecule has 0 atom stereocenters. The van der Waals surface area contributed by atoms with Crippen molar-refractivity contribution in [3.8, 4) is 0 Å². The van der Waals surface area contributed by atoms with E-state index >= 15 is 0 Å². The zero-order valence-electron chi connectivity index (χ0n) is 12.3. The molecule has 0 spiro atoms. The van der Waals surface area contributed by atoms with E-state index in [0.29, 0.717) is 6.42 Å². The Morgan fingerprint density at radius 3 is 1.94 bits per heavy atom. The third-order valence-electron chi connectivity index (χ3n) is 2.96. The highest BCUT2D eigenvalue weighted by Crippen LogP contribution is 2.04. The van der Waals surface area contributed by atoms with Crippen LogP contribution < -0.4 is 0 Å². The summed E-state index contributed by atoms with van der Waals surface area (Å²) < 4.78 is 0. The molecule has 0 aromatic carbocycles. The number of carbonyl (C=O) groups excluding carboxylic acids is 1. The predicted molar refractivity (Wildman–Crippen MR) is 80.8 cm³/mol. The van der Waals surface area contributed by atoms with Crippen LogP contribution in [0, 0.1) is 0 Å². The molecule has 1 nitrogen and oxygen atoms in total. The molecule has 0 saturated carbocycles. The van der Waals surface area contributed by atoms with E-state index in [4.69, 9.17) is 0 Å². The number of hydrogen-bond acceptors (Lipinski definition) is 1. The van der Waals surface area contributed by atoms with Crippen molar-refractivity contribution in [3.05, 3.63) is 24.3 Å². The third kappa shape index (κ3) is 13.2. The van der Waals surface area contributed by atoms with Gasteiger partial charge in [-0.15, -0.1) is 0 Å². The Morgan fingerprint density at radius 2 is 1.33 bits per heavy atom. The van der Waals surface area contributed by atoms with Gasteiger partial charge in [0.15, 0.2) is 5.78 Å². The molecule has 0 saturated heterocycles. The largest absolute Gasteiger partial charge is 0.295 e. The lowest BCUT2D eigenvalue weighted by atomic mass is 10.1. The van der Waals surface area contributed by atoms with Crippen LogP contribution in [-0.4, -0.2) is 5.78 Å². The summed E-state index contributed by atoms with van der Waals surface area (Å²) in [5.74, 6) is 0.288. The number of carbonyl (C=O) groups is 1. The lowest BCUT2D eigenvalue weighted by Crippen LogP contribution is -1.91. The monoisotopic (exact) mass is 250 g/mol. The van der Waals surface area contributed by atoms with Crippen molar-refractivity contribution >= 4 is 5.78 Å². The SMILES string of the molecule is CCCCC=CCCCCC=CC(=O)CCCC. The number of allylic oxidation sites excluding steroid dienone is 4. The maximum Gasteiger partial charge on any atom is 0.155 e. The summed E-state index contributed by atoms with van der Waals surface area (Å²) in [7, 11) is 0. The van der Waals surface area contributed by atoms with Gasteiger partial charge in [-0.25, -0.2) is 0 Å². The minimum Gasteiger partial charge on any atom is -0.295 e. The zero-order chi connectivity index (χ0) is 13.5. The Balaban J connectivity index is 3.31.